The van der Waals surface area contributed by atoms with Crippen molar-refractivity contribution in [3.8, 4) is 6.07 Å². The standard InChI is InChI=1S/C22H26FNO2/c1-3-5-14-22(23,16-24)15-18-8-12-20(13-9-18)26-21(25)19-10-6-17(4-2)7-11-19/h3,5-7,10-11,14,18,20H,1,4,8-9,12-13,15H2,2H3/b14-5+. The zero-order valence-corrected chi connectivity index (χ0v) is 15.3. The van der Waals surface area contributed by atoms with E-state index in [1.807, 2.05) is 12.1 Å². The van der Waals surface area contributed by atoms with E-state index in [9.17, 15) is 9.18 Å². The van der Waals surface area contributed by atoms with Gasteiger partial charge in [-0.1, -0.05) is 37.8 Å². The van der Waals surface area contributed by atoms with Gasteiger partial charge in [-0.15, -0.1) is 0 Å². The Morgan fingerprint density at radius 1 is 1.35 bits per heavy atom. The molecule has 0 amide bonds. The van der Waals surface area contributed by atoms with Crippen molar-refractivity contribution in [1.82, 2.24) is 0 Å². The summed E-state index contributed by atoms with van der Waals surface area (Å²) in [6.07, 6.45) is 8.09. The third-order valence-corrected chi connectivity index (χ3v) is 4.93. The minimum atomic E-state index is -1.95. The second-order valence-corrected chi connectivity index (χ2v) is 6.87. The van der Waals surface area contributed by atoms with Gasteiger partial charge in [0.1, 0.15) is 12.2 Å². The second kappa shape index (κ2) is 9.33. The molecule has 138 valence electrons. The topological polar surface area (TPSA) is 50.1 Å². The van der Waals surface area contributed by atoms with Crippen molar-refractivity contribution in [1.29, 1.82) is 5.26 Å². The number of benzene rings is 1. The van der Waals surface area contributed by atoms with Gasteiger partial charge in [0.2, 0.25) is 5.67 Å². The molecule has 2 rings (SSSR count). The van der Waals surface area contributed by atoms with E-state index in [2.05, 4.69) is 13.5 Å². The predicted molar refractivity (Wildman–Crippen MR) is 100 cm³/mol. The molecule has 1 atom stereocenters. The molecule has 1 aliphatic rings. The van der Waals surface area contributed by atoms with Crippen molar-refractivity contribution < 1.29 is 13.9 Å². The number of aryl methyl sites for hydroxylation is 1. The number of hydrogen-bond acceptors (Lipinski definition) is 3. The fraction of sp³-hybridized carbons (Fsp3) is 0.455. The van der Waals surface area contributed by atoms with Crippen LogP contribution in [0.3, 0.4) is 0 Å². The van der Waals surface area contributed by atoms with Crippen LogP contribution in [0.15, 0.2) is 49.1 Å². The molecule has 1 fully saturated rings. The highest BCUT2D eigenvalue weighted by atomic mass is 19.1. The molecule has 0 heterocycles. The third kappa shape index (κ3) is 5.56. The van der Waals surface area contributed by atoms with Crippen LogP contribution in [0.5, 0.6) is 0 Å². The summed E-state index contributed by atoms with van der Waals surface area (Å²) in [5.74, 6) is -0.185. The van der Waals surface area contributed by atoms with Crippen LogP contribution in [0.4, 0.5) is 4.39 Å². The molecule has 1 saturated carbocycles. The van der Waals surface area contributed by atoms with Crippen LogP contribution in [-0.2, 0) is 11.2 Å². The van der Waals surface area contributed by atoms with Crippen molar-refractivity contribution in [2.45, 2.75) is 57.2 Å². The fourth-order valence-corrected chi connectivity index (χ4v) is 3.34. The quantitative estimate of drug-likeness (QED) is 0.491. The summed E-state index contributed by atoms with van der Waals surface area (Å²) in [6.45, 7) is 5.57. The van der Waals surface area contributed by atoms with Crippen LogP contribution in [0.1, 0.15) is 54.9 Å². The van der Waals surface area contributed by atoms with Crippen LogP contribution >= 0.6 is 0 Å². The SMILES string of the molecule is C=C/C=C/C(F)(C#N)CC1CCC(OC(=O)c2ccc(CC)cc2)CC1. The maximum absolute atomic E-state index is 14.5. The largest absolute Gasteiger partial charge is 0.459 e. The summed E-state index contributed by atoms with van der Waals surface area (Å²) in [5, 5.41) is 9.10. The van der Waals surface area contributed by atoms with Crippen molar-refractivity contribution in [3.63, 3.8) is 0 Å². The van der Waals surface area contributed by atoms with Crippen LogP contribution < -0.4 is 0 Å². The lowest BCUT2D eigenvalue weighted by Crippen LogP contribution is -2.29. The number of hydrogen-bond donors (Lipinski definition) is 0. The molecule has 1 aliphatic carbocycles. The van der Waals surface area contributed by atoms with E-state index in [-0.39, 0.29) is 24.4 Å². The average Bonchev–Trinajstić information content (AvgIpc) is 2.68. The van der Waals surface area contributed by atoms with Crippen molar-refractivity contribution in [2.75, 3.05) is 0 Å². The number of esters is 1. The smallest absolute Gasteiger partial charge is 0.338 e. The molecule has 3 nitrogen and oxygen atoms in total. The van der Waals surface area contributed by atoms with Gasteiger partial charge in [-0.25, -0.2) is 9.18 Å². The summed E-state index contributed by atoms with van der Waals surface area (Å²) < 4.78 is 20.1. The lowest BCUT2D eigenvalue weighted by atomic mass is 9.80. The lowest BCUT2D eigenvalue weighted by molar-refractivity contribution is 0.0145. The minimum Gasteiger partial charge on any atom is -0.459 e. The molecule has 0 aromatic heterocycles. The van der Waals surface area contributed by atoms with Gasteiger partial charge in [-0.05, 0) is 61.8 Å². The van der Waals surface area contributed by atoms with Gasteiger partial charge in [-0.2, -0.15) is 5.26 Å². The Hall–Kier alpha value is -2.41. The van der Waals surface area contributed by atoms with Crippen LogP contribution in [0, 0.1) is 17.2 Å². The van der Waals surface area contributed by atoms with E-state index in [0.717, 1.165) is 19.3 Å². The zero-order valence-electron chi connectivity index (χ0n) is 15.3. The molecule has 1 aromatic carbocycles. The van der Waals surface area contributed by atoms with Crippen LogP contribution in [0.2, 0.25) is 0 Å². The molecule has 0 bridgehead atoms. The number of carbonyl (C=O) groups excluding carboxylic acids is 1. The van der Waals surface area contributed by atoms with E-state index < -0.39 is 5.67 Å². The molecule has 0 saturated heterocycles. The number of carbonyl (C=O) groups is 1. The monoisotopic (exact) mass is 355 g/mol. The van der Waals surface area contributed by atoms with Gasteiger partial charge < -0.3 is 4.74 Å². The first kappa shape index (κ1) is 19.9. The first-order valence-electron chi connectivity index (χ1n) is 9.20. The summed E-state index contributed by atoms with van der Waals surface area (Å²) in [7, 11) is 0. The average molecular weight is 355 g/mol. The van der Waals surface area contributed by atoms with Gasteiger partial charge in [0.05, 0.1) is 5.56 Å². The number of halogens is 1. The second-order valence-electron chi connectivity index (χ2n) is 6.87. The summed E-state index contributed by atoms with van der Waals surface area (Å²) >= 11 is 0. The zero-order chi connectivity index (χ0) is 19.0. The Labute approximate surface area is 155 Å². The number of allylic oxidation sites excluding steroid dienone is 3. The van der Waals surface area contributed by atoms with Crippen molar-refractivity contribution in [2.24, 2.45) is 5.92 Å². The number of nitrogens with zero attached hydrogens (tertiary/aromatic N) is 1. The Bertz CT molecular complexity index is 681. The first-order valence-corrected chi connectivity index (χ1v) is 9.20. The van der Waals surface area contributed by atoms with Crippen molar-refractivity contribution >= 4 is 5.97 Å². The summed E-state index contributed by atoms with van der Waals surface area (Å²) in [4.78, 5) is 12.2. The Balaban J connectivity index is 1.84. The number of nitriles is 1. The molecule has 1 aromatic rings. The third-order valence-electron chi connectivity index (χ3n) is 4.93. The molecule has 0 aliphatic heterocycles. The lowest BCUT2D eigenvalue weighted by Gasteiger charge is -2.30. The Kier molecular flexibility index (Phi) is 7.15. The molecule has 1 unspecified atom stereocenters. The number of alkyl halides is 1. The Morgan fingerprint density at radius 2 is 2.00 bits per heavy atom. The van der Waals surface area contributed by atoms with E-state index >= 15 is 0 Å². The fourth-order valence-electron chi connectivity index (χ4n) is 3.34. The molecular weight excluding hydrogens is 329 g/mol. The maximum Gasteiger partial charge on any atom is 0.338 e. The van der Waals surface area contributed by atoms with Crippen LogP contribution in [-0.4, -0.2) is 17.7 Å². The highest BCUT2D eigenvalue weighted by Crippen LogP contribution is 2.34. The van der Waals surface area contributed by atoms with Gasteiger partial charge in [0.25, 0.3) is 0 Å². The van der Waals surface area contributed by atoms with Crippen LogP contribution in [0.25, 0.3) is 0 Å². The normalized spacial score (nSPS) is 22.3. The van der Waals surface area contributed by atoms with Crippen molar-refractivity contribution in [3.05, 3.63) is 60.2 Å². The molecular formula is C22H26FNO2. The highest BCUT2D eigenvalue weighted by Gasteiger charge is 2.33. The molecule has 0 spiro atoms. The molecule has 0 N–H and O–H groups in total. The maximum atomic E-state index is 14.5. The predicted octanol–water partition coefficient (Wildman–Crippen LogP) is 5.33. The first-order chi connectivity index (χ1) is 12.5. The highest BCUT2D eigenvalue weighted by molar-refractivity contribution is 5.89. The Morgan fingerprint density at radius 3 is 2.54 bits per heavy atom. The van der Waals surface area contributed by atoms with E-state index in [0.29, 0.717) is 18.4 Å². The van der Waals surface area contributed by atoms with E-state index in [1.165, 1.54) is 23.8 Å². The van der Waals surface area contributed by atoms with Gasteiger partial charge in [0.15, 0.2) is 0 Å². The molecule has 0 radical (unpaired) electrons. The van der Waals surface area contributed by atoms with Gasteiger partial charge >= 0.3 is 5.97 Å². The van der Waals surface area contributed by atoms with Gasteiger partial charge in [-0.3, -0.25) is 0 Å². The molecule has 4 heteroatoms. The number of ether oxygens (including phenoxy) is 1. The molecule has 26 heavy (non-hydrogen) atoms. The summed E-state index contributed by atoms with van der Waals surface area (Å²) in [5.41, 5.74) is -0.213. The van der Waals surface area contributed by atoms with E-state index in [1.54, 1.807) is 18.2 Å². The minimum absolute atomic E-state index is 0.118. The van der Waals surface area contributed by atoms with E-state index in [4.69, 9.17) is 10.00 Å². The summed E-state index contributed by atoms with van der Waals surface area (Å²) in [6, 6.07) is 9.21. The van der Waals surface area contributed by atoms with Gasteiger partial charge in [0, 0.05) is 6.42 Å². The number of rotatable bonds is 7.